The number of hydrogen-bond donors (Lipinski definition) is 2. The van der Waals surface area contributed by atoms with Gasteiger partial charge >= 0.3 is 5.97 Å². The highest BCUT2D eigenvalue weighted by Gasteiger charge is 2.39. The van der Waals surface area contributed by atoms with Gasteiger partial charge in [0.25, 0.3) is 5.91 Å². The summed E-state index contributed by atoms with van der Waals surface area (Å²) in [6.07, 6.45) is 7.30. The van der Waals surface area contributed by atoms with E-state index in [1.54, 1.807) is 12.3 Å². The molecule has 0 spiro atoms. The molecule has 2 fully saturated rings. The van der Waals surface area contributed by atoms with Gasteiger partial charge in [-0.3, -0.25) is 4.79 Å². The van der Waals surface area contributed by atoms with Crippen molar-refractivity contribution >= 4 is 22.9 Å². The number of nitrogens with zero attached hydrogens (tertiary/aromatic N) is 2. The van der Waals surface area contributed by atoms with Crippen LogP contribution in [0.15, 0.2) is 18.6 Å². The van der Waals surface area contributed by atoms with Crippen molar-refractivity contribution in [3.63, 3.8) is 0 Å². The molecule has 0 radical (unpaired) electrons. The minimum Gasteiger partial charge on any atom is -0.448 e. The Hall–Kier alpha value is -2.44. The molecule has 2 aliphatic rings. The molecule has 1 saturated carbocycles. The van der Waals surface area contributed by atoms with Crippen molar-refractivity contribution in [2.75, 3.05) is 0 Å². The molecule has 2 aromatic rings. The molecule has 120 valence electrons. The van der Waals surface area contributed by atoms with Crippen LogP contribution in [-0.2, 0) is 9.53 Å². The average Bonchev–Trinajstić information content (AvgIpc) is 3.04. The van der Waals surface area contributed by atoms with Crippen LogP contribution in [0, 0.1) is 5.92 Å². The summed E-state index contributed by atoms with van der Waals surface area (Å²) in [7, 11) is 0. The van der Waals surface area contributed by atoms with E-state index < -0.39 is 12.1 Å². The summed E-state index contributed by atoms with van der Waals surface area (Å²) in [6, 6.07) is 1.96. The van der Waals surface area contributed by atoms with Crippen LogP contribution in [0.25, 0.3) is 11.0 Å². The SMILES string of the molecule is O=C(OC1CC2CCCCC2NC1=O)c1ncnc2[nH]ccc12. The van der Waals surface area contributed by atoms with Crippen molar-refractivity contribution in [3.8, 4) is 0 Å². The second kappa shape index (κ2) is 5.64. The van der Waals surface area contributed by atoms with E-state index in [-0.39, 0.29) is 17.6 Å². The van der Waals surface area contributed by atoms with E-state index in [1.807, 2.05) is 0 Å². The molecule has 7 nitrogen and oxygen atoms in total. The monoisotopic (exact) mass is 314 g/mol. The third kappa shape index (κ3) is 2.56. The van der Waals surface area contributed by atoms with Crippen molar-refractivity contribution in [1.29, 1.82) is 0 Å². The number of carbonyl (C=O) groups excluding carboxylic acids is 2. The lowest BCUT2D eigenvalue weighted by molar-refractivity contribution is -0.136. The highest BCUT2D eigenvalue weighted by Crippen LogP contribution is 2.32. The fourth-order valence-corrected chi connectivity index (χ4v) is 3.66. The van der Waals surface area contributed by atoms with Crippen molar-refractivity contribution in [2.24, 2.45) is 5.92 Å². The van der Waals surface area contributed by atoms with E-state index in [2.05, 4.69) is 20.3 Å². The first-order valence-corrected chi connectivity index (χ1v) is 8.02. The lowest BCUT2D eigenvalue weighted by atomic mass is 9.78. The topological polar surface area (TPSA) is 97.0 Å². The van der Waals surface area contributed by atoms with Gasteiger partial charge in [0, 0.05) is 12.2 Å². The zero-order valence-electron chi connectivity index (χ0n) is 12.6. The van der Waals surface area contributed by atoms with Crippen molar-refractivity contribution in [3.05, 3.63) is 24.3 Å². The van der Waals surface area contributed by atoms with Gasteiger partial charge in [-0.05, 0) is 31.2 Å². The Morgan fingerprint density at radius 1 is 1.26 bits per heavy atom. The van der Waals surface area contributed by atoms with Crippen LogP contribution in [0.5, 0.6) is 0 Å². The maximum absolute atomic E-state index is 12.4. The molecule has 1 saturated heterocycles. The standard InChI is InChI=1S/C16H18N4O3/c21-15-12(7-9-3-1-2-4-11(9)20-15)23-16(22)13-10-5-6-17-14(10)19-8-18-13/h5-6,8-9,11-12H,1-4,7H2,(H,20,21)(H,17,18,19). The Morgan fingerprint density at radius 2 is 2.13 bits per heavy atom. The van der Waals surface area contributed by atoms with Gasteiger partial charge in [-0.25, -0.2) is 14.8 Å². The van der Waals surface area contributed by atoms with Crippen LogP contribution in [-0.4, -0.2) is 39.0 Å². The molecule has 3 unspecified atom stereocenters. The summed E-state index contributed by atoms with van der Waals surface area (Å²) >= 11 is 0. The number of nitrogens with one attached hydrogen (secondary N) is 2. The molecule has 2 N–H and O–H groups in total. The largest absolute Gasteiger partial charge is 0.448 e. The molecule has 3 atom stereocenters. The van der Waals surface area contributed by atoms with Gasteiger partial charge in [0.05, 0.1) is 5.39 Å². The second-order valence-corrected chi connectivity index (χ2v) is 6.25. The third-order valence-electron chi connectivity index (χ3n) is 4.84. The van der Waals surface area contributed by atoms with Gasteiger partial charge < -0.3 is 15.0 Å². The molecule has 1 aliphatic heterocycles. The Bertz CT molecular complexity index is 757. The van der Waals surface area contributed by atoms with Crippen LogP contribution in [0.2, 0.25) is 0 Å². The van der Waals surface area contributed by atoms with E-state index in [1.165, 1.54) is 12.7 Å². The maximum Gasteiger partial charge on any atom is 0.358 e. The average molecular weight is 314 g/mol. The zero-order valence-corrected chi connectivity index (χ0v) is 12.6. The molecule has 23 heavy (non-hydrogen) atoms. The predicted octanol–water partition coefficient (Wildman–Crippen LogP) is 1.56. The summed E-state index contributed by atoms with van der Waals surface area (Å²) in [5.74, 6) is -0.371. The maximum atomic E-state index is 12.4. The number of carbonyl (C=O) groups is 2. The van der Waals surface area contributed by atoms with E-state index in [4.69, 9.17) is 4.74 Å². The number of fused-ring (bicyclic) bond motifs is 2. The van der Waals surface area contributed by atoms with Crippen molar-refractivity contribution in [2.45, 2.75) is 44.2 Å². The Kier molecular flexibility index (Phi) is 3.48. The Morgan fingerprint density at radius 3 is 3.04 bits per heavy atom. The lowest BCUT2D eigenvalue weighted by Gasteiger charge is -2.38. The first-order valence-electron chi connectivity index (χ1n) is 8.02. The number of esters is 1. The molecule has 1 aliphatic carbocycles. The minimum absolute atomic E-state index is 0.190. The minimum atomic E-state index is -0.731. The molecule has 3 heterocycles. The summed E-state index contributed by atoms with van der Waals surface area (Å²) < 4.78 is 5.46. The lowest BCUT2D eigenvalue weighted by Crippen LogP contribution is -2.54. The van der Waals surface area contributed by atoms with Gasteiger partial charge in [0.1, 0.15) is 12.0 Å². The summed E-state index contributed by atoms with van der Waals surface area (Å²) in [4.78, 5) is 35.6. The summed E-state index contributed by atoms with van der Waals surface area (Å²) in [5.41, 5.74) is 0.766. The zero-order chi connectivity index (χ0) is 15.8. The Labute approximate surface area is 132 Å². The molecule has 0 aromatic carbocycles. The van der Waals surface area contributed by atoms with Crippen LogP contribution in [0.4, 0.5) is 0 Å². The Balaban J connectivity index is 1.52. The second-order valence-electron chi connectivity index (χ2n) is 6.25. The highest BCUT2D eigenvalue weighted by molar-refractivity contribution is 6.01. The molecule has 1 amide bonds. The smallest absolute Gasteiger partial charge is 0.358 e. The third-order valence-corrected chi connectivity index (χ3v) is 4.84. The van der Waals surface area contributed by atoms with Crippen LogP contribution < -0.4 is 5.32 Å². The number of H-pyrrole nitrogens is 1. The van der Waals surface area contributed by atoms with Crippen LogP contribution >= 0.6 is 0 Å². The molecule has 2 aromatic heterocycles. The molecule has 4 rings (SSSR count). The number of aromatic nitrogens is 3. The normalized spacial score (nSPS) is 27.3. The summed E-state index contributed by atoms with van der Waals surface area (Å²) in [6.45, 7) is 0. The van der Waals surface area contributed by atoms with Crippen molar-refractivity contribution in [1.82, 2.24) is 20.3 Å². The molecule has 7 heteroatoms. The quantitative estimate of drug-likeness (QED) is 0.820. The number of ether oxygens (including phenoxy) is 1. The predicted molar refractivity (Wildman–Crippen MR) is 81.6 cm³/mol. The van der Waals surface area contributed by atoms with Crippen molar-refractivity contribution < 1.29 is 14.3 Å². The molecular formula is C16H18N4O3. The molecule has 0 bridgehead atoms. The van der Waals surface area contributed by atoms with Gasteiger partial charge in [-0.15, -0.1) is 0 Å². The first-order chi connectivity index (χ1) is 11.2. The number of rotatable bonds is 2. The van der Waals surface area contributed by atoms with E-state index in [0.717, 1.165) is 19.3 Å². The summed E-state index contributed by atoms with van der Waals surface area (Å²) in [5, 5.41) is 3.60. The van der Waals surface area contributed by atoms with Crippen LogP contribution in [0.1, 0.15) is 42.6 Å². The van der Waals surface area contributed by atoms with Gasteiger partial charge in [0.15, 0.2) is 11.8 Å². The fraction of sp³-hybridized carbons (Fsp3) is 0.500. The van der Waals surface area contributed by atoms with Gasteiger partial charge in [0.2, 0.25) is 0 Å². The van der Waals surface area contributed by atoms with E-state index in [9.17, 15) is 9.59 Å². The van der Waals surface area contributed by atoms with E-state index >= 15 is 0 Å². The number of aromatic amines is 1. The first kappa shape index (κ1) is 14.2. The number of amides is 1. The van der Waals surface area contributed by atoms with E-state index in [0.29, 0.717) is 23.4 Å². The number of piperidine rings is 1. The molecular weight excluding hydrogens is 296 g/mol. The van der Waals surface area contributed by atoms with Gasteiger partial charge in [-0.1, -0.05) is 12.8 Å². The number of hydrogen-bond acceptors (Lipinski definition) is 5. The van der Waals surface area contributed by atoms with Gasteiger partial charge in [-0.2, -0.15) is 0 Å². The fourth-order valence-electron chi connectivity index (χ4n) is 3.66. The highest BCUT2D eigenvalue weighted by atomic mass is 16.5. The van der Waals surface area contributed by atoms with Crippen LogP contribution in [0.3, 0.4) is 0 Å².